The van der Waals surface area contributed by atoms with Crippen LogP contribution in [0.3, 0.4) is 0 Å². The van der Waals surface area contributed by atoms with Crippen LogP contribution in [0.1, 0.15) is 1.43 Å². The molecule has 1 heterocycles. The van der Waals surface area contributed by atoms with E-state index in [2.05, 4.69) is 21.6 Å². The van der Waals surface area contributed by atoms with E-state index in [1.807, 2.05) is 19.2 Å². The van der Waals surface area contributed by atoms with Gasteiger partial charge in [-0.1, -0.05) is 0 Å². The average molecular weight is 169 g/mol. The zero-order chi connectivity index (χ0) is 7.68. The maximum absolute atomic E-state index is 3.09. The Morgan fingerprint density at radius 2 is 2.45 bits per heavy atom. The third kappa shape index (κ3) is 1.15. The lowest BCUT2D eigenvalue weighted by molar-refractivity contribution is 1.25. The lowest BCUT2D eigenvalue weighted by atomic mass is 10.3. The van der Waals surface area contributed by atoms with Crippen molar-refractivity contribution in [1.29, 1.82) is 0 Å². The number of hydrogen-bond acceptors (Lipinski definition) is 4. The summed E-state index contributed by atoms with van der Waals surface area (Å²) in [6.45, 7) is 0. The van der Waals surface area contributed by atoms with Crippen LogP contribution < -0.4 is 15.6 Å². The molecule has 0 bridgehead atoms. The Morgan fingerprint density at radius 1 is 1.55 bits per heavy atom. The summed E-state index contributed by atoms with van der Waals surface area (Å²) in [4.78, 5) is 4.21. The van der Waals surface area contributed by atoms with Crippen LogP contribution in [-0.4, -0.2) is 7.05 Å². The molecule has 3 N–H and O–H groups in total. The molecule has 0 aliphatic carbocycles. The second-order valence-electron chi connectivity index (χ2n) is 2.29. The van der Waals surface area contributed by atoms with Crippen molar-refractivity contribution in [2.45, 2.75) is 4.90 Å². The standard InChI is InChI=1S/C7H9N3S.H2/c1-8-5-2-3-6-7(4-5)11-10-9-6;/h2-4,8-10H,1H3;1H. The molecule has 4 heteroatoms. The molecular formula is C7H11N3S. The molecule has 1 aliphatic rings. The molecule has 1 aliphatic heterocycles. The van der Waals surface area contributed by atoms with Crippen LogP contribution in [0.5, 0.6) is 0 Å². The van der Waals surface area contributed by atoms with Gasteiger partial charge in [0.25, 0.3) is 0 Å². The number of anilines is 2. The minimum Gasteiger partial charge on any atom is -0.388 e. The van der Waals surface area contributed by atoms with Gasteiger partial charge in [-0.2, -0.15) is 4.83 Å². The first kappa shape index (κ1) is 6.82. The van der Waals surface area contributed by atoms with Crippen molar-refractivity contribution in [1.82, 2.24) is 4.83 Å². The molecule has 60 valence electrons. The summed E-state index contributed by atoms with van der Waals surface area (Å²) >= 11 is 1.60. The molecule has 0 aromatic heterocycles. The number of rotatable bonds is 1. The van der Waals surface area contributed by atoms with Gasteiger partial charge >= 0.3 is 0 Å². The number of nitrogens with one attached hydrogen (secondary N) is 3. The summed E-state index contributed by atoms with van der Waals surface area (Å²) in [5.74, 6) is 0. The van der Waals surface area contributed by atoms with Gasteiger partial charge in [0.05, 0.1) is 10.6 Å². The number of hydrazine groups is 1. The normalized spacial score (nSPS) is 13.9. The molecule has 2 rings (SSSR count). The summed E-state index contributed by atoms with van der Waals surface area (Å²) in [6.07, 6.45) is 0. The quantitative estimate of drug-likeness (QED) is 0.561. The van der Waals surface area contributed by atoms with Crippen LogP contribution >= 0.6 is 11.9 Å². The molecule has 0 radical (unpaired) electrons. The van der Waals surface area contributed by atoms with Crippen molar-refractivity contribution in [2.75, 3.05) is 17.8 Å². The molecule has 0 fully saturated rings. The second kappa shape index (κ2) is 2.64. The van der Waals surface area contributed by atoms with Crippen molar-refractivity contribution in [3.05, 3.63) is 18.2 Å². The van der Waals surface area contributed by atoms with Gasteiger partial charge in [0.15, 0.2) is 0 Å². The molecule has 1 aromatic carbocycles. The largest absolute Gasteiger partial charge is 0.388 e. The van der Waals surface area contributed by atoms with Gasteiger partial charge in [-0.15, -0.1) is 0 Å². The van der Waals surface area contributed by atoms with E-state index in [0.29, 0.717) is 0 Å². The highest BCUT2D eigenvalue weighted by molar-refractivity contribution is 7.98. The fraction of sp³-hybridized carbons (Fsp3) is 0.143. The van der Waals surface area contributed by atoms with Crippen LogP contribution in [0.25, 0.3) is 0 Å². The molecule has 0 amide bonds. The molecule has 11 heavy (non-hydrogen) atoms. The SMILES string of the molecule is CNc1ccc2c(c1)SNN2.[HH]. The maximum Gasteiger partial charge on any atom is 0.0647 e. The molecule has 0 atom stereocenters. The molecule has 0 saturated carbocycles. The van der Waals surface area contributed by atoms with Crippen LogP contribution in [-0.2, 0) is 0 Å². The minimum absolute atomic E-state index is 0. The van der Waals surface area contributed by atoms with E-state index in [1.165, 1.54) is 4.90 Å². The monoisotopic (exact) mass is 169 g/mol. The van der Waals surface area contributed by atoms with Crippen LogP contribution in [0, 0.1) is 0 Å². The zero-order valence-corrected chi connectivity index (χ0v) is 6.96. The Balaban J connectivity index is 0.000000720. The second-order valence-corrected chi connectivity index (χ2v) is 3.14. The van der Waals surface area contributed by atoms with E-state index < -0.39 is 0 Å². The Morgan fingerprint density at radius 3 is 3.27 bits per heavy atom. The van der Waals surface area contributed by atoms with Gasteiger partial charge in [-0.05, 0) is 30.1 Å². The van der Waals surface area contributed by atoms with Crippen molar-refractivity contribution in [3.8, 4) is 0 Å². The van der Waals surface area contributed by atoms with Gasteiger partial charge < -0.3 is 10.7 Å². The highest BCUT2D eigenvalue weighted by Gasteiger charge is 2.09. The van der Waals surface area contributed by atoms with E-state index in [1.54, 1.807) is 11.9 Å². The summed E-state index contributed by atoms with van der Waals surface area (Å²) in [5, 5.41) is 3.09. The zero-order valence-electron chi connectivity index (χ0n) is 6.14. The topological polar surface area (TPSA) is 36.1 Å². The van der Waals surface area contributed by atoms with Gasteiger partial charge in [0, 0.05) is 14.2 Å². The predicted molar refractivity (Wildman–Crippen MR) is 50.7 cm³/mol. The first-order valence-electron chi connectivity index (χ1n) is 3.40. The van der Waals surface area contributed by atoms with Gasteiger partial charge in [0.2, 0.25) is 0 Å². The summed E-state index contributed by atoms with van der Waals surface area (Å²) in [5.41, 5.74) is 5.32. The molecule has 3 nitrogen and oxygen atoms in total. The fourth-order valence-electron chi connectivity index (χ4n) is 1.00. The van der Waals surface area contributed by atoms with Gasteiger partial charge in [0.1, 0.15) is 0 Å². The Kier molecular flexibility index (Phi) is 1.63. The van der Waals surface area contributed by atoms with E-state index in [-0.39, 0.29) is 1.43 Å². The molecule has 1 aromatic rings. The van der Waals surface area contributed by atoms with Crippen molar-refractivity contribution in [2.24, 2.45) is 0 Å². The smallest absolute Gasteiger partial charge is 0.0647 e. The third-order valence-electron chi connectivity index (χ3n) is 1.62. The number of hydrogen-bond donors (Lipinski definition) is 3. The molecule has 0 unspecified atom stereocenters. The summed E-state index contributed by atoms with van der Waals surface area (Å²) < 4.78 is 0. The highest BCUT2D eigenvalue weighted by atomic mass is 32.2. The Hall–Kier alpha value is -0.870. The summed E-state index contributed by atoms with van der Waals surface area (Å²) in [7, 11) is 1.92. The van der Waals surface area contributed by atoms with Crippen molar-refractivity contribution < 1.29 is 1.43 Å². The van der Waals surface area contributed by atoms with E-state index in [0.717, 1.165) is 11.4 Å². The average Bonchev–Trinajstić information content (AvgIpc) is 2.50. The Bertz CT molecular complexity index is 279. The van der Waals surface area contributed by atoms with Crippen LogP contribution in [0.15, 0.2) is 23.1 Å². The predicted octanol–water partition coefficient (Wildman–Crippen LogP) is 1.91. The number of benzene rings is 1. The first-order valence-corrected chi connectivity index (χ1v) is 4.21. The molecular weight excluding hydrogens is 158 g/mol. The van der Waals surface area contributed by atoms with Crippen LogP contribution in [0.2, 0.25) is 0 Å². The van der Waals surface area contributed by atoms with Gasteiger partial charge in [-0.3, -0.25) is 0 Å². The summed E-state index contributed by atoms with van der Waals surface area (Å²) in [6, 6.07) is 6.20. The lowest BCUT2D eigenvalue weighted by Crippen LogP contribution is -2.04. The minimum atomic E-state index is 0. The molecule has 0 saturated heterocycles. The van der Waals surface area contributed by atoms with E-state index in [4.69, 9.17) is 0 Å². The first-order chi connectivity index (χ1) is 5.40. The van der Waals surface area contributed by atoms with Crippen molar-refractivity contribution in [3.63, 3.8) is 0 Å². The third-order valence-corrected chi connectivity index (χ3v) is 2.38. The highest BCUT2D eigenvalue weighted by Crippen LogP contribution is 2.32. The maximum atomic E-state index is 3.09. The lowest BCUT2D eigenvalue weighted by Gasteiger charge is -2.00. The molecule has 0 spiro atoms. The fourth-order valence-corrected chi connectivity index (χ4v) is 1.69. The van der Waals surface area contributed by atoms with Crippen molar-refractivity contribution >= 4 is 23.3 Å². The Labute approximate surface area is 71.2 Å². The van der Waals surface area contributed by atoms with Gasteiger partial charge in [-0.25, -0.2) is 0 Å². The number of fused-ring (bicyclic) bond motifs is 1. The van der Waals surface area contributed by atoms with E-state index >= 15 is 0 Å². The van der Waals surface area contributed by atoms with E-state index in [9.17, 15) is 0 Å². The van der Waals surface area contributed by atoms with Crippen LogP contribution in [0.4, 0.5) is 11.4 Å².